The predicted molar refractivity (Wildman–Crippen MR) is 69.8 cm³/mol. The second-order valence-electron chi connectivity index (χ2n) is 4.71. The Kier molecular flexibility index (Phi) is 3.97. The van der Waals surface area contributed by atoms with Crippen LogP contribution < -0.4 is 4.90 Å². The maximum atomic E-state index is 10.7. The normalized spacial score (nSPS) is 18.9. The number of hydrogen-bond donors (Lipinski definition) is 1. The molecule has 1 atom stereocenters. The number of nitro benzene ring substituents is 1. The predicted octanol–water partition coefficient (Wildman–Crippen LogP) is 1.68. The third kappa shape index (κ3) is 2.83. The van der Waals surface area contributed by atoms with Gasteiger partial charge in [-0.05, 0) is 24.8 Å². The van der Waals surface area contributed by atoms with Gasteiger partial charge in [0.2, 0.25) is 0 Å². The number of anilines is 1. The van der Waals surface area contributed by atoms with Crippen LogP contribution in [0.1, 0.15) is 18.4 Å². The maximum absolute atomic E-state index is 10.7. The van der Waals surface area contributed by atoms with E-state index in [0.29, 0.717) is 17.8 Å². The molecule has 100 valence electrons. The van der Waals surface area contributed by atoms with Crippen molar-refractivity contribution in [1.29, 1.82) is 5.26 Å². The molecule has 6 heteroatoms. The molecule has 0 spiro atoms. The number of piperidine rings is 1. The summed E-state index contributed by atoms with van der Waals surface area (Å²) in [6.07, 6.45) is 1.93. The van der Waals surface area contributed by atoms with E-state index in [-0.39, 0.29) is 18.2 Å². The van der Waals surface area contributed by atoms with Crippen LogP contribution >= 0.6 is 0 Å². The molecule has 1 aliphatic heterocycles. The summed E-state index contributed by atoms with van der Waals surface area (Å²) in [5.74, 6) is 0.204. The van der Waals surface area contributed by atoms with Gasteiger partial charge in [-0.3, -0.25) is 10.1 Å². The first kappa shape index (κ1) is 13.3. The van der Waals surface area contributed by atoms with Crippen molar-refractivity contribution in [2.24, 2.45) is 5.92 Å². The molecule has 0 amide bonds. The third-order valence-electron chi connectivity index (χ3n) is 3.43. The van der Waals surface area contributed by atoms with E-state index < -0.39 is 4.92 Å². The Morgan fingerprint density at radius 3 is 3.00 bits per heavy atom. The number of nitriles is 1. The van der Waals surface area contributed by atoms with E-state index in [9.17, 15) is 15.2 Å². The van der Waals surface area contributed by atoms with Gasteiger partial charge in [0, 0.05) is 31.8 Å². The highest BCUT2D eigenvalue weighted by molar-refractivity contribution is 5.63. The third-order valence-corrected chi connectivity index (χ3v) is 3.43. The van der Waals surface area contributed by atoms with Crippen LogP contribution in [-0.2, 0) is 0 Å². The van der Waals surface area contributed by atoms with Gasteiger partial charge < -0.3 is 10.0 Å². The summed E-state index contributed by atoms with van der Waals surface area (Å²) in [5, 5.41) is 29.1. The summed E-state index contributed by atoms with van der Waals surface area (Å²) in [6.45, 7) is 1.62. The van der Waals surface area contributed by atoms with E-state index in [0.717, 1.165) is 19.4 Å². The van der Waals surface area contributed by atoms with Crippen molar-refractivity contribution in [1.82, 2.24) is 0 Å². The molecule has 1 aromatic rings. The highest BCUT2D eigenvalue weighted by Crippen LogP contribution is 2.28. The largest absolute Gasteiger partial charge is 0.396 e. The summed E-state index contributed by atoms with van der Waals surface area (Å²) in [7, 11) is 0. The first-order valence-electron chi connectivity index (χ1n) is 6.20. The topological polar surface area (TPSA) is 90.4 Å². The summed E-state index contributed by atoms with van der Waals surface area (Å²) in [4.78, 5) is 12.2. The zero-order valence-corrected chi connectivity index (χ0v) is 10.5. The number of nitrogens with zero attached hydrogens (tertiary/aromatic N) is 3. The van der Waals surface area contributed by atoms with Crippen molar-refractivity contribution >= 4 is 11.4 Å². The molecule has 0 aromatic heterocycles. The van der Waals surface area contributed by atoms with Crippen molar-refractivity contribution < 1.29 is 10.0 Å². The van der Waals surface area contributed by atoms with Gasteiger partial charge in [0.05, 0.1) is 16.2 Å². The number of non-ortho nitro benzene ring substituents is 1. The lowest BCUT2D eigenvalue weighted by Gasteiger charge is -2.34. The molecular formula is C13H15N3O3. The monoisotopic (exact) mass is 261 g/mol. The highest BCUT2D eigenvalue weighted by Gasteiger charge is 2.22. The fraction of sp³-hybridized carbons (Fsp3) is 0.462. The van der Waals surface area contributed by atoms with Crippen LogP contribution in [0.5, 0.6) is 0 Å². The lowest BCUT2D eigenvalue weighted by Crippen LogP contribution is -2.37. The second kappa shape index (κ2) is 5.67. The van der Waals surface area contributed by atoms with E-state index in [1.54, 1.807) is 6.07 Å². The molecule has 0 bridgehead atoms. The van der Waals surface area contributed by atoms with Gasteiger partial charge in [-0.25, -0.2) is 0 Å². The number of aliphatic hydroxyl groups excluding tert-OH is 1. The Balaban J connectivity index is 2.29. The van der Waals surface area contributed by atoms with Crippen LogP contribution in [0.2, 0.25) is 0 Å². The number of hydrogen-bond acceptors (Lipinski definition) is 5. The van der Waals surface area contributed by atoms with Crippen molar-refractivity contribution in [3.05, 3.63) is 33.9 Å². The molecule has 1 heterocycles. The Labute approximate surface area is 111 Å². The molecule has 0 radical (unpaired) electrons. The fourth-order valence-corrected chi connectivity index (χ4v) is 2.44. The van der Waals surface area contributed by atoms with Crippen LogP contribution in [0.15, 0.2) is 18.2 Å². The van der Waals surface area contributed by atoms with Gasteiger partial charge in [0.15, 0.2) is 0 Å². The lowest BCUT2D eigenvalue weighted by molar-refractivity contribution is -0.384. The summed E-state index contributed by atoms with van der Waals surface area (Å²) >= 11 is 0. The number of benzene rings is 1. The van der Waals surface area contributed by atoms with Crippen LogP contribution in [-0.4, -0.2) is 29.7 Å². The van der Waals surface area contributed by atoms with Crippen molar-refractivity contribution in [3.63, 3.8) is 0 Å². The van der Waals surface area contributed by atoms with E-state index >= 15 is 0 Å². The number of nitro groups is 1. The molecule has 6 nitrogen and oxygen atoms in total. The van der Waals surface area contributed by atoms with Crippen LogP contribution in [0.4, 0.5) is 11.4 Å². The first-order chi connectivity index (χ1) is 9.15. The van der Waals surface area contributed by atoms with Gasteiger partial charge in [0.1, 0.15) is 6.07 Å². The molecule has 0 unspecified atom stereocenters. The molecule has 1 aliphatic rings. The molecule has 1 N–H and O–H groups in total. The van der Waals surface area contributed by atoms with Gasteiger partial charge in [0.25, 0.3) is 5.69 Å². The molecular weight excluding hydrogens is 246 g/mol. The molecule has 1 saturated heterocycles. The standard InChI is InChI=1S/C13H15N3O3/c14-7-11-6-12(16(18)19)3-4-13(11)15-5-1-2-10(8-15)9-17/h3-4,6,10,17H,1-2,5,8-9H2/t10-/m1/s1. The van der Waals surface area contributed by atoms with Gasteiger partial charge in [-0.2, -0.15) is 5.26 Å². The molecule has 19 heavy (non-hydrogen) atoms. The maximum Gasteiger partial charge on any atom is 0.270 e. The zero-order valence-electron chi connectivity index (χ0n) is 10.5. The number of aliphatic hydroxyl groups is 1. The molecule has 1 aromatic carbocycles. The highest BCUT2D eigenvalue weighted by atomic mass is 16.6. The van der Waals surface area contributed by atoms with Gasteiger partial charge >= 0.3 is 0 Å². The molecule has 0 aliphatic carbocycles. The molecule has 0 saturated carbocycles. The molecule has 2 rings (SSSR count). The minimum atomic E-state index is -0.503. The smallest absolute Gasteiger partial charge is 0.270 e. The Morgan fingerprint density at radius 2 is 2.37 bits per heavy atom. The average molecular weight is 261 g/mol. The Bertz CT molecular complexity index is 524. The van der Waals surface area contributed by atoms with Crippen LogP contribution in [0.25, 0.3) is 0 Å². The van der Waals surface area contributed by atoms with Crippen LogP contribution in [0, 0.1) is 27.4 Å². The second-order valence-corrected chi connectivity index (χ2v) is 4.71. The minimum absolute atomic E-state index is 0.0731. The van der Waals surface area contributed by atoms with E-state index in [1.165, 1.54) is 12.1 Å². The fourth-order valence-electron chi connectivity index (χ4n) is 2.44. The quantitative estimate of drug-likeness (QED) is 0.660. The molecule has 1 fully saturated rings. The van der Waals surface area contributed by atoms with E-state index in [4.69, 9.17) is 5.26 Å². The summed E-state index contributed by atoms with van der Waals surface area (Å²) < 4.78 is 0. The van der Waals surface area contributed by atoms with E-state index in [2.05, 4.69) is 0 Å². The Morgan fingerprint density at radius 1 is 1.58 bits per heavy atom. The SMILES string of the molecule is N#Cc1cc([N+](=O)[O-])ccc1N1CCC[C@@H](CO)C1. The zero-order chi connectivity index (χ0) is 13.8. The number of rotatable bonds is 3. The summed E-state index contributed by atoms with van der Waals surface area (Å²) in [5.41, 5.74) is 0.954. The van der Waals surface area contributed by atoms with Crippen LogP contribution in [0.3, 0.4) is 0 Å². The van der Waals surface area contributed by atoms with Gasteiger partial charge in [-0.15, -0.1) is 0 Å². The Hall–Kier alpha value is -2.13. The lowest BCUT2D eigenvalue weighted by atomic mass is 9.97. The minimum Gasteiger partial charge on any atom is -0.396 e. The first-order valence-corrected chi connectivity index (χ1v) is 6.20. The van der Waals surface area contributed by atoms with E-state index in [1.807, 2.05) is 11.0 Å². The summed E-state index contributed by atoms with van der Waals surface area (Å²) in [6, 6.07) is 6.35. The van der Waals surface area contributed by atoms with Gasteiger partial charge in [-0.1, -0.05) is 0 Å². The van der Waals surface area contributed by atoms with Crippen molar-refractivity contribution in [3.8, 4) is 6.07 Å². The van der Waals surface area contributed by atoms with Crippen molar-refractivity contribution in [2.75, 3.05) is 24.6 Å². The van der Waals surface area contributed by atoms with Crippen molar-refractivity contribution in [2.45, 2.75) is 12.8 Å². The average Bonchev–Trinajstić information content (AvgIpc) is 2.46.